The number of hydrogen-bond acceptors (Lipinski definition) is 5. The maximum Gasteiger partial charge on any atom is 0.154 e. The monoisotopic (exact) mass is 287 g/mol. The van der Waals surface area contributed by atoms with Crippen LogP contribution in [0, 0.1) is 6.92 Å². The molecule has 0 unspecified atom stereocenters. The van der Waals surface area contributed by atoms with Crippen LogP contribution in [0.3, 0.4) is 0 Å². The normalized spacial score (nSPS) is 11.4. The molecule has 0 aliphatic rings. The number of anilines is 1. The molecule has 3 aromatic heterocycles. The summed E-state index contributed by atoms with van der Waals surface area (Å²) in [5, 5.41) is 4.42. The molecule has 3 aromatic rings. The highest BCUT2D eigenvalue weighted by Gasteiger charge is 2.11. The van der Waals surface area contributed by atoms with Gasteiger partial charge in [-0.05, 0) is 18.9 Å². The third-order valence-electron chi connectivity index (χ3n) is 3.18. The standard InChI is InChI=1S/C14H17N5S/c1-8(2)12-9(3)20-11(19-12)6-16-14-13-10(4-5-15-13)17-7-18-14/h4-5,7-8,15H,6H2,1-3H3,(H,16,17,18). The first-order chi connectivity index (χ1) is 9.65. The number of hydrogen-bond donors (Lipinski definition) is 2. The van der Waals surface area contributed by atoms with Crippen LogP contribution >= 0.6 is 11.3 Å². The molecule has 6 heteroatoms. The van der Waals surface area contributed by atoms with Crippen molar-refractivity contribution in [3.63, 3.8) is 0 Å². The highest BCUT2D eigenvalue weighted by atomic mass is 32.1. The van der Waals surface area contributed by atoms with Gasteiger partial charge in [-0.2, -0.15) is 0 Å². The van der Waals surface area contributed by atoms with Crippen molar-refractivity contribution >= 4 is 28.2 Å². The Bertz CT molecular complexity index is 728. The Morgan fingerprint density at radius 3 is 2.95 bits per heavy atom. The summed E-state index contributed by atoms with van der Waals surface area (Å²) in [6.07, 6.45) is 3.44. The molecule has 0 amide bonds. The molecule has 0 saturated carbocycles. The van der Waals surface area contributed by atoms with Gasteiger partial charge in [0, 0.05) is 11.1 Å². The number of aromatic nitrogens is 4. The van der Waals surface area contributed by atoms with Crippen LogP contribution in [0.5, 0.6) is 0 Å². The molecule has 5 nitrogen and oxygen atoms in total. The van der Waals surface area contributed by atoms with Crippen molar-refractivity contribution in [3.8, 4) is 0 Å². The minimum atomic E-state index is 0.467. The number of aromatic amines is 1. The molecule has 3 rings (SSSR count). The molecule has 3 heterocycles. The molecule has 0 atom stereocenters. The van der Waals surface area contributed by atoms with Gasteiger partial charge in [0.1, 0.15) is 16.9 Å². The fourth-order valence-electron chi connectivity index (χ4n) is 2.24. The van der Waals surface area contributed by atoms with Crippen molar-refractivity contribution in [3.05, 3.63) is 34.2 Å². The van der Waals surface area contributed by atoms with Gasteiger partial charge in [0.2, 0.25) is 0 Å². The summed E-state index contributed by atoms with van der Waals surface area (Å²) in [4.78, 5) is 17.6. The van der Waals surface area contributed by atoms with Crippen LogP contribution in [0.15, 0.2) is 18.6 Å². The number of fused-ring (bicyclic) bond motifs is 1. The molecule has 20 heavy (non-hydrogen) atoms. The van der Waals surface area contributed by atoms with E-state index in [1.807, 2.05) is 12.3 Å². The summed E-state index contributed by atoms with van der Waals surface area (Å²) >= 11 is 1.74. The van der Waals surface area contributed by atoms with Gasteiger partial charge in [-0.15, -0.1) is 11.3 Å². The molecule has 0 aliphatic carbocycles. The van der Waals surface area contributed by atoms with Gasteiger partial charge in [0.05, 0.1) is 17.8 Å². The zero-order valence-electron chi connectivity index (χ0n) is 11.8. The van der Waals surface area contributed by atoms with Crippen LogP contribution < -0.4 is 5.32 Å². The number of nitrogens with zero attached hydrogens (tertiary/aromatic N) is 3. The lowest BCUT2D eigenvalue weighted by Crippen LogP contribution is -2.02. The van der Waals surface area contributed by atoms with Gasteiger partial charge in [-0.3, -0.25) is 0 Å². The van der Waals surface area contributed by atoms with Gasteiger partial charge in [0.25, 0.3) is 0 Å². The van der Waals surface area contributed by atoms with Crippen LogP contribution in [-0.4, -0.2) is 19.9 Å². The number of thiazole rings is 1. The maximum absolute atomic E-state index is 4.69. The summed E-state index contributed by atoms with van der Waals surface area (Å²) in [5.41, 5.74) is 3.05. The van der Waals surface area contributed by atoms with Gasteiger partial charge in [-0.25, -0.2) is 15.0 Å². The Morgan fingerprint density at radius 1 is 1.35 bits per heavy atom. The van der Waals surface area contributed by atoms with E-state index in [9.17, 15) is 0 Å². The van der Waals surface area contributed by atoms with E-state index in [0.717, 1.165) is 21.9 Å². The Kier molecular flexibility index (Phi) is 3.40. The third-order valence-corrected chi connectivity index (χ3v) is 4.16. The molecule has 0 bridgehead atoms. The lowest BCUT2D eigenvalue weighted by atomic mass is 10.1. The number of nitrogens with one attached hydrogen (secondary N) is 2. The second-order valence-corrected chi connectivity index (χ2v) is 6.31. The maximum atomic E-state index is 4.69. The highest BCUT2D eigenvalue weighted by molar-refractivity contribution is 7.11. The van der Waals surface area contributed by atoms with E-state index in [4.69, 9.17) is 4.98 Å². The SMILES string of the molecule is Cc1sc(CNc2ncnc3cc[nH]c23)nc1C(C)C. The molecule has 0 radical (unpaired) electrons. The molecular weight excluding hydrogens is 270 g/mol. The minimum absolute atomic E-state index is 0.467. The van der Waals surface area contributed by atoms with E-state index in [1.165, 1.54) is 10.6 Å². The van der Waals surface area contributed by atoms with E-state index in [-0.39, 0.29) is 0 Å². The van der Waals surface area contributed by atoms with Crippen LogP contribution in [0.2, 0.25) is 0 Å². The first-order valence-corrected chi connectivity index (χ1v) is 7.45. The van der Waals surface area contributed by atoms with E-state index < -0.39 is 0 Å². The summed E-state index contributed by atoms with van der Waals surface area (Å²) in [7, 11) is 0. The quantitative estimate of drug-likeness (QED) is 0.771. The lowest BCUT2D eigenvalue weighted by Gasteiger charge is -2.04. The fraction of sp³-hybridized carbons (Fsp3) is 0.357. The van der Waals surface area contributed by atoms with Gasteiger partial charge in [-0.1, -0.05) is 13.8 Å². The summed E-state index contributed by atoms with van der Waals surface area (Å²) in [5.74, 6) is 1.29. The second kappa shape index (κ2) is 5.20. The van der Waals surface area contributed by atoms with Crippen molar-refractivity contribution in [2.75, 3.05) is 5.32 Å². The molecular formula is C14H17N5S. The van der Waals surface area contributed by atoms with Crippen LogP contribution in [-0.2, 0) is 6.54 Å². The molecule has 0 fully saturated rings. The minimum Gasteiger partial charge on any atom is -0.362 e. The Morgan fingerprint density at radius 2 is 2.20 bits per heavy atom. The molecule has 0 aliphatic heterocycles. The first kappa shape index (κ1) is 13.1. The molecule has 0 saturated heterocycles. The highest BCUT2D eigenvalue weighted by Crippen LogP contribution is 2.25. The third kappa shape index (κ3) is 2.38. The predicted octanol–water partition coefficient (Wildman–Crippen LogP) is 3.46. The zero-order chi connectivity index (χ0) is 14.1. The van der Waals surface area contributed by atoms with Crippen molar-refractivity contribution in [1.82, 2.24) is 19.9 Å². The van der Waals surface area contributed by atoms with Crippen LogP contribution in [0.4, 0.5) is 5.82 Å². The van der Waals surface area contributed by atoms with E-state index in [1.54, 1.807) is 17.7 Å². The smallest absolute Gasteiger partial charge is 0.154 e. The van der Waals surface area contributed by atoms with Crippen molar-refractivity contribution in [1.29, 1.82) is 0 Å². The Hall–Kier alpha value is -1.95. The largest absolute Gasteiger partial charge is 0.362 e. The number of rotatable bonds is 4. The Labute approximate surface area is 121 Å². The Balaban J connectivity index is 1.79. The van der Waals surface area contributed by atoms with Crippen LogP contribution in [0.25, 0.3) is 11.0 Å². The number of aryl methyl sites for hydroxylation is 1. The summed E-state index contributed by atoms with van der Waals surface area (Å²) in [6.45, 7) is 7.16. The molecule has 2 N–H and O–H groups in total. The zero-order valence-corrected chi connectivity index (χ0v) is 12.6. The van der Waals surface area contributed by atoms with E-state index in [2.05, 4.69) is 41.0 Å². The van der Waals surface area contributed by atoms with Gasteiger partial charge in [0.15, 0.2) is 5.82 Å². The molecule has 0 aromatic carbocycles. The molecule has 104 valence electrons. The average Bonchev–Trinajstić information content (AvgIpc) is 3.02. The first-order valence-electron chi connectivity index (χ1n) is 6.63. The summed E-state index contributed by atoms with van der Waals surface area (Å²) < 4.78 is 0. The predicted molar refractivity (Wildman–Crippen MR) is 82.2 cm³/mol. The van der Waals surface area contributed by atoms with Crippen molar-refractivity contribution < 1.29 is 0 Å². The van der Waals surface area contributed by atoms with Crippen molar-refractivity contribution in [2.24, 2.45) is 0 Å². The van der Waals surface area contributed by atoms with Crippen LogP contribution in [0.1, 0.15) is 35.3 Å². The lowest BCUT2D eigenvalue weighted by molar-refractivity contribution is 0.816. The second-order valence-electron chi connectivity index (χ2n) is 5.02. The van der Waals surface area contributed by atoms with Gasteiger partial charge < -0.3 is 10.3 Å². The fourth-order valence-corrected chi connectivity index (χ4v) is 3.27. The summed E-state index contributed by atoms with van der Waals surface area (Å²) in [6, 6.07) is 1.94. The topological polar surface area (TPSA) is 66.5 Å². The number of H-pyrrole nitrogens is 1. The average molecular weight is 287 g/mol. The van der Waals surface area contributed by atoms with E-state index >= 15 is 0 Å². The van der Waals surface area contributed by atoms with E-state index in [0.29, 0.717) is 12.5 Å². The van der Waals surface area contributed by atoms with Crippen molar-refractivity contribution in [2.45, 2.75) is 33.2 Å². The van der Waals surface area contributed by atoms with Gasteiger partial charge >= 0.3 is 0 Å². The molecule has 0 spiro atoms.